The maximum Gasteiger partial charge on any atom is 0.299 e. The molecule has 6 heteroatoms. The SMILES string of the molecule is COc1cc(C=O)ccc1O[N+](=O)[O-]. The Bertz CT molecular complexity index is 363. The van der Waals surface area contributed by atoms with Crippen LogP contribution in [0.4, 0.5) is 0 Å². The van der Waals surface area contributed by atoms with Crippen molar-refractivity contribution in [1.82, 2.24) is 0 Å². The van der Waals surface area contributed by atoms with E-state index in [0.29, 0.717) is 11.8 Å². The van der Waals surface area contributed by atoms with E-state index in [1.54, 1.807) is 0 Å². The highest BCUT2D eigenvalue weighted by Crippen LogP contribution is 2.27. The van der Waals surface area contributed by atoms with E-state index < -0.39 is 5.09 Å². The zero-order valence-corrected chi connectivity index (χ0v) is 7.30. The van der Waals surface area contributed by atoms with Crippen molar-refractivity contribution in [2.75, 3.05) is 7.11 Å². The number of ether oxygens (including phenoxy) is 1. The summed E-state index contributed by atoms with van der Waals surface area (Å²) in [6.45, 7) is 0. The first-order valence-electron chi connectivity index (χ1n) is 3.63. The minimum atomic E-state index is -0.946. The number of carbonyl (C=O) groups is 1. The molecule has 0 N–H and O–H groups in total. The molecule has 0 atom stereocenters. The molecular weight excluding hydrogens is 190 g/mol. The molecule has 0 spiro atoms. The fraction of sp³-hybridized carbons (Fsp3) is 0.125. The molecule has 0 saturated heterocycles. The van der Waals surface area contributed by atoms with E-state index in [2.05, 4.69) is 4.84 Å². The molecule has 0 amide bonds. The monoisotopic (exact) mass is 197 g/mol. The topological polar surface area (TPSA) is 78.7 Å². The molecule has 0 radical (unpaired) electrons. The Labute approximate surface area is 79.2 Å². The minimum absolute atomic E-state index is 0.0388. The van der Waals surface area contributed by atoms with Crippen molar-refractivity contribution in [1.29, 1.82) is 0 Å². The largest absolute Gasteiger partial charge is 0.494 e. The normalized spacial score (nSPS) is 9.21. The van der Waals surface area contributed by atoms with E-state index in [-0.39, 0.29) is 11.5 Å². The molecule has 0 saturated carbocycles. The van der Waals surface area contributed by atoms with Crippen molar-refractivity contribution >= 4 is 6.29 Å². The van der Waals surface area contributed by atoms with Gasteiger partial charge in [0, 0.05) is 5.56 Å². The van der Waals surface area contributed by atoms with E-state index >= 15 is 0 Å². The molecule has 1 aromatic rings. The summed E-state index contributed by atoms with van der Waals surface area (Å²) in [4.78, 5) is 24.6. The Kier molecular flexibility index (Phi) is 3.01. The van der Waals surface area contributed by atoms with Crippen LogP contribution in [0.3, 0.4) is 0 Å². The number of hydrogen-bond acceptors (Lipinski definition) is 5. The maximum atomic E-state index is 10.4. The quantitative estimate of drug-likeness (QED) is 0.410. The molecule has 14 heavy (non-hydrogen) atoms. The number of methoxy groups -OCH3 is 1. The summed E-state index contributed by atoms with van der Waals surface area (Å²) < 4.78 is 4.80. The van der Waals surface area contributed by atoms with Gasteiger partial charge in [-0.05, 0) is 18.2 Å². The average Bonchev–Trinajstić information content (AvgIpc) is 2.17. The van der Waals surface area contributed by atoms with Crippen molar-refractivity contribution < 1.29 is 19.5 Å². The number of nitrogens with zero attached hydrogens (tertiary/aromatic N) is 1. The Hall–Kier alpha value is -2.11. The van der Waals surface area contributed by atoms with Crippen LogP contribution in [0.5, 0.6) is 11.5 Å². The summed E-state index contributed by atoms with van der Waals surface area (Å²) in [6.07, 6.45) is 0.610. The van der Waals surface area contributed by atoms with Crippen molar-refractivity contribution in [3.05, 3.63) is 33.9 Å². The van der Waals surface area contributed by atoms with E-state index in [9.17, 15) is 14.9 Å². The van der Waals surface area contributed by atoms with Gasteiger partial charge in [-0.15, -0.1) is 10.1 Å². The molecule has 0 fully saturated rings. The molecule has 74 valence electrons. The van der Waals surface area contributed by atoms with Gasteiger partial charge in [0.1, 0.15) is 12.0 Å². The summed E-state index contributed by atoms with van der Waals surface area (Å²) in [5, 5.41) is 9.10. The van der Waals surface area contributed by atoms with E-state index in [4.69, 9.17) is 4.74 Å². The lowest BCUT2D eigenvalue weighted by Crippen LogP contribution is -2.05. The summed E-state index contributed by atoms with van der Waals surface area (Å²) >= 11 is 0. The third-order valence-electron chi connectivity index (χ3n) is 1.50. The highest BCUT2D eigenvalue weighted by Gasteiger charge is 2.07. The van der Waals surface area contributed by atoms with Crippen LogP contribution in [0.1, 0.15) is 10.4 Å². The second kappa shape index (κ2) is 4.22. The number of carbonyl (C=O) groups excluding carboxylic acids is 1. The number of hydrogen-bond donors (Lipinski definition) is 0. The van der Waals surface area contributed by atoms with Crippen LogP contribution in [0, 0.1) is 10.1 Å². The lowest BCUT2D eigenvalue weighted by atomic mass is 10.2. The fourth-order valence-electron chi connectivity index (χ4n) is 0.913. The number of aldehydes is 1. The van der Waals surface area contributed by atoms with Crippen molar-refractivity contribution in [2.45, 2.75) is 0 Å². The summed E-state index contributed by atoms with van der Waals surface area (Å²) in [6, 6.07) is 4.05. The molecule has 1 rings (SSSR count). The molecule has 0 aliphatic carbocycles. The van der Waals surface area contributed by atoms with Gasteiger partial charge in [0.2, 0.25) is 0 Å². The smallest absolute Gasteiger partial charge is 0.299 e. The van der Waals surface area contributed by atoms with Crippen molar-refractivity contribution in [2.24, 2.45) is 0 Å². The third-order valence-corrected chi connectivity index (χ3v) is 1.50. The van der Waals surface area contributed by atoms with Crippen molar-refractivity contribution in [3.8, 4) is 11.5 Å². The van der Waals surface area contributed by atoms with E-state index in [1.165, 1.54) is 25.3 Å². The van der Waals surface area contributed by atoms with Crippen LogP contribution < -0.4 is 9.57 Å². The van der Waals surface area contributed by atoms with Gasteiger partial charge in [-0.2, -0.15) is 0 Å². The lowest BCUT2D eigenvalue weighted by Gasteiger charge is -2.05. The Morgan fingerprint density at radius 1 is 1.43 bits per heavy atom. The molecule has 0 aliphatic heterocycles. The van der Waals surface area contributed by atoms with E-state index in [0.717, 1.165) is 0 Å². The molecule has 0 aromatic heterocycles. The number of benzene rings is 1. The van der Waals surface area contributed by atoms with Crippen LogP contribution >= 0.6 is 0 Å². The second-order valence-electron chi connectivity index (χ2n) is 2.34. The van der Waals surface area contributed by atoms with Crippen LogP contribution in [0.15, 0.2) is 18.2 Å². The second-order valence-corrected chi connectivity index (χ2v) is 2.34. The zero-order chi connectivity index (χ0) is 10.6. The predicted octanol–water partition coefficient (Wildman–Crippen LogP) is 1.08. The van der Waals surface area contributed by atoms with Gasteiger partial charge in [0.25, 0.3) is 5.09 Å². The molecular formula is C8H7NO5. The Balaban J connectivity index is 3.04. The van der Waals surface area contributed by atoms with Gasteiger partial charge >= 0.3 is 0 Å². The molecule has 6 nitrogen and oxygen atoms in total. The summed E-state index contributed by atoms with van der Waals surface area (Å²) in [5.41, 5.74) is 0.359. The minimum Gasteiger partial charge on any atom is -0.494 e. The van der Waals surface area contributed by atoms with Gasteiger partial charge in [-0.3, -0.25) is 9.63 Å². The standard InChI is InChI=1S/C8H7NO5/c1-13-8-4-6(5-10)2-3-7(8)14-9(11)12/h2-5H,1H3. The fourth-order valence-corrected chi connectivity index (χ4v) is 0.913. The molecule has 1 aromatic carbocycles. The van der Waals surface area contributed by atoms with Gasteiger partial charge in [-0.1, -0.05) is 0 Å². The first-order chi connectivity index (χ1) is 6.67. The van der Waals surface area contributed by atoms with Gasteiger partial charge in [0.15, 0.2) is 5.75 Å². The zero-order valence-electron chi connectivity index (χ0n) is 7.30. The summed E-state index contributed by atoms with van der Waals surface area (Å²) in [7, 11) is 1.33. The van der Waals surface area contributed by atoms with Crippen molar-refractivity contribution in [3.63, 3.8) is 0 Å². The van der Waals surface area contributed by atoms with Gasteiger partial charge < -0.3 is 4.74 Å². The van der Waals surface area contributed by atoms with E-state index in [1.807, 2.05) is 0 Å². The Morgan fingerprint density at radius 3 is 2.64 bits per heavy atom. The van der Waals surface area contributed by atoms with Crippen LogP contribution in [0.2, 0.25) is 0 Å². The highest BCUT2D eigenvalue weighted by atomic mass is 17.0. The molecule has 0 unspecified atom stereocenters. The van der Waals surface area contributed by atoms with Gasteiger partial charge in [-0.25, -0.2) is 0 Å². The summed E-state index contributed by atoms with van der Waals surface area (Å²) in [5.74, 6) is 0.106. The first-order valence-corrected chi connectivity index (χ1v) is 3.63. The third kappa shape index (κ3) is 2.19. The molecule has 0 heterocycles. The first kappa shape index (κ1) is 9.97. The average molecular weight is 197 g/mol. The maximum absolute atomic E-state index is 10.4. The van der Waals surface area contributed by atoms with Crippen LogP contribution in [-0.2, 0) is 0 Å². The highest BCUT2D eigenvalue weighted by molar-refractivity contribution is 5.76. The lowest BCUT2D eigenvalue weighted by molar-refractivity contribution is -0.711. The Morgan fingerprint density at radius 2 is 2.14 bits per heavy atom. The predicted molar refractivity (Wildman–Crippen MR) is 46.0 cm³/mol. The van der Waals surface area contributed by atoms with Crippen LogP contribution in [0.25, 0.3) is 0 Å². The molecule has 0 bridgehead atoms. The number of rotatable bonds is 4. The molecule has 0 aliphatic rings. The van der Waals surface area contributed by atoms with Crippen LogP contribution in [-0.4, -0.2) is 18.5 Å². The van der Waals surface area contributed by atoms with Gasteiger partial charge in [0.05, 0.1) is 7.11 Å².